The summed E-state index contributed by atoms with van der Waals surface area (Å²) in [7, 11) is 1.29. The second-order valence-corrected chi connectivity index (χ2v) is 6.24. The lowest BCUT2D eigenvalue weighted by atomic mass is 10.1. The maximum atomic E-state index is 12.5. The highest BCUT2D eigenvalue weighted by Crippen LogP contribution is 2.27. The zero-order chi connectivity index (χ0) is 21.5. The first kappa shape index (κ1) is 21.1. The van der Waals surface area contributed by atoms with Gasteiger partial charge < -0.3 is 23.9 Å². The number of para-hydroxylation sites is 1. The third-order valence-corrected chi connectivity index (χ3v) is 4.26. The highest BCUT2D eigenvalue weighted by Gasteiger charge is 2.22. The first-order chi connectivity index (χ1) is 14.5. The summed E-state index contributed by atoms with van der Waals surface area (Å²) in [5, 5.41) is 3.34. The Morgan fingerprint density at radius 1 is 1.00 bits per heavy atom. The van der Waals surface area contributed by atoms with Crippen LogP contribution in [0.5, 0.6) is 0 Å². The minimum atomic E-state index is -0.753. The minimum absolute atomic E-state index is 0.0138. The number of ether oxygens (including phenoxy) is 3. The van der Waals surface area contributed by atoms with Crippen LogP contribution in [0.3, 0.4) is 0 Å². The second-order valence-electron chi connectivity index (χ2n) is 6.24. The highest BCUT2D eigenvalue weighted by molar-refractivity contribution is 5.98. The van der Waals surface area contributed by atoms with Crippen molar-refractivity contribution in [2.75, 3.05) is 25.6 Å². The molecule has 0 fully saturated rings. The first-order valence-corrected chi connectivity index (χ1v) is 9.27. The van der Waals surface area contributed by atoms with Crippen LogP contribution in [0.15, 0.2) is 52.9 Å². The first-order valence-electron chi connectivity index (χ1n) is 9.27. The van der Waals surface area contributed by atoms with E-state index in [0.717, 1.165) is 5.39 Å². The van der Waals surface area contributed by atoms with Crippen LogP contribution in [0.1, 0.15) is 33.4 Å². The average Bonchev–Trinajstić information content (AvgIpc) is 3.14. The van der Waals surface area contributed by atoms with E-state index in [0.29, 0.717) is 29.0 Å². The zero-order valence-corrected chi connectivity index (χ0v) is 16.6. The van der Waals surface area contributed by atoms with Crippen LogP contribution in [0.4, 0.5) is 5.69 Å². The summed E-state index contributed by atoms with van der Waals surface area (Å²) in [5.41, 5.74) is 1.92. The van der Waals surface area contributed by atoms with Gasteiger partial charge in [-0.2, -0.15) is 0 Å². The molecule has 3 aromatic rings. The molecule has 0 saturated carbocycles. The molecule has 0 atom stereocenters. The number of fused-ring (bicyclic) bond motifs is 1. The molecule has 30 heavy (non-hydrogen) atoms. The molecule has 156 valence electrons. The number of hydrogen-bond donors (Lipinski definition) is 1. The molecule has 0 unspecified atom stereocenters. The van der Waals surface area contributed by atoms with Crippen LogP contribution in [0.25, 0.3) is 11.0 Å². The number of anilines is 1. The fourth-order valence-electron chi connectivity index (χ4n) is 2.81. The van der Waals surface area contributed by atoms with E-state index in [1.807, 2.05) is 19.1 Å². The van der Waals surface area contributed by atoms with Crippen molar-refractivity contribution < 1.29 is 33.0 Å². The van der Waals surface area contributed by atoms with Gasteiger partial charge in [0.1, 0.15) is 5.58 Å². The van der Waals surface area contributed by atoms with Gasteiger partial charge in [-0.1, -0.05) is 18.2 Å². The number of furan rings is 1. The van der Waals surface area contributed by atoms with E-state index in [9.17, 15) is 14.4 Å². The van der Waals surface area contributed by atoms with Crippen molar-refractivity contribution in [2.24, 2.45) is 0 Å². The number of esters is 2. The molecule has 0 aliphatic carbocycles. The summed E-state index contributed by atoms with van der Waals surface area (Å²) >= 11 is 0. The van der Waals surface area contributed by atoms with Gasteiger partial charge in [0.05, 0.1) is 19.3 Å². The predicted molar refractivity (Wildman–Crippen MR) is 108 cm³/mol. The molecule has 0 radical (unpaired) electrons. The molecule has 0 aliphatic rings. The molecule has 2 aromatic carbocycles. The number of carbonyl (C=O) groups excluding carboxylic acids is 3. The van der Waals surface area contributed by atoms with Gasteiger partial charge >= 0.3 is 11.9 Å². The van der Waals surface area contributed by atoms with Gasteiger partial charge in [-0.25, -0.2) is 9.59 Å². The van der Waals surface area contributed by atoms with Crippen LogP contribution >= 0.6 is 0 Å². The zero-order valence-electron chi connectivity index (χ0n) is 16.6. The summed E-state index contributed by atoms with van der Waals surface area (Å²) in [6, 6.07) is 13.3. The lowest BCUT2D eigenvalue weighted by molar-refractivity contribution is -0.119. The van der Waals surface area contributed by atoms with Gasteiger partial charge in [0.15, 0.2) is 6.61 Å². The van der Waals surface area contributed by atoms with Crippen LogP contribution in [-0.2, 0) is 25.6 Å². The topological polar surface area (TPSA) is 104 Å². The molecule has 0 spiro atoms. The molecule has 0 bridgehead atoms. The number of hydrogen-bond acceptors (Lipinski definition) is 7. The van der Waals surface area contributed by atoms with E-state index in [1.54, 1.807) is 24.3 Å². The third kappa shape index (κ3) is 4.84. The lowest BCUT2D eigenvalue weighted by Crippen LogP contribution is -2.21. The van der Waals surface area contributed by atoms with Crippen molar-refractivity contribution in [1.29, 1.82) is 0 Å². The van der Waals surface area contributed by atoms with Gasteiger partial charge in [0, 0.05) is 23.2 Å². The van der Waals surface area contributed by atoms with Gasteiger partial charge in [-0.3, -0.25) is 4.79 Å². The Labute approximate surface area is 172 Å². The summed E-state index contributed by atoms with van der Waals surface area (Å²) in [4.78, 5) is 36.1. The van der Waals surface area contributed by atoms with Gasteiger partial charge in [-0.05, 0) is 37.3 Å². The van der Waals surface area contributed by atoms with E-state index >= 15 is 0 Å². The van der Waals surface area contributed by atoms with E-state index in [2.05, 4.69) is 10.1 Å². The Balaban J connectivity index is 1.64. The fraction of sp³-hybridized carbons (Fsp3) is 0.227. The highest BCUT2D eigenvalue weighted by atomic mass is 16.5. The number of rotatable bonds is 8. The molecule has 8 heteroatoms. The quantitative estimate of drug-likeness (QED) is 0.565. The molecular formula is C22H21NO7. The number of benzene rings is 2. The van der Waals surface area contributed by atoms with E-state index in [-0.39, 0.29) is 12.4 Å². The normalized spacial score (nSPS) is 10.6. The summed E-state index contributed by atoms with van der Waals surface area (Å²) in [6.07, 6.45) is 0. The fourth-order valence-corrected chi connectivity index (χ4v) is 2.81. The van der Waals surface area contributed by atoms with Gasteiger partial charge in [0.2, 0.25) is 5.76 Å². The van der Waals surface area contributed by atoms with Gasteiger partial charge in [-0.15, -0.1) is 0 Å². The van der Waals surface area contributed by atoms with Crippen molar-refractivity contribution in [2.45, 2.75) is 13.5 Å². The molecule has 3 rings (SSSR count). The Hall–Kier alpha value is -3.65. The Morgan fingerprint density at radius 3 is 2.43 bits per heavy atom. The van der Waals surface area contributed by atoms with Crippen molar-refractivity contribution in [3.8, 4) is 0 Å². The van der Waals surface area contributed by atoms with E-state index in [4.69, 9.17) is 13.9 Å². The Kier molecular flexibility index (Phi) is 6.82. The number of carbonyl (C=O) groups is 3. The van der Waals surface area contributed by atoms with Crippen LogP contribution < -0.4 is 5.32 Å². The molecule has 0 saturated heterocycles. The van der Waals surface area contributed by atoms with Crippen LogP contribution in [0, 0.1) is 0 Å². The molecule has 1 heterocycles. The average molecular weight is 411 g/mol. The maximum Gasteiger partial charge on any atom is 0.375 e. The molecule has 1 aromatic heterocycles. The minimum Gasteiger partial charge on any atom is -0.465 e. The molecule has 1 amide bonds. The third-order valence-electron chi connectivity index (χ3n) is 4.26. The Bertz CT molecular complexity index is 1050. The molecule has 1 N–H and O–H groups in total. The van der Waals surface area contributed by atoms with Crippen molar-refractivity contribution >= 4 is 34.5 Å². The van der Waals surface area contributed by atoms with Crippen LogP contribution in [0.2, 0.25) is 0 Å². The van der Waals surface area contributed by atoms with Crippen molar-refractivity contribution in [3.63, 3.8) is 0 Å². The molecule has 0 aliphatic heterocycles. The smallest absolute Gasteiger partial charge is 0.375 e. The van der Waals surface area contributed by atoms with Crippen molar-refractivity contribution in [1.82, 2.24) is 0 Å². The standard InChI is InChI=1S/C22H21NO7/c1-3-28-12-17-16-6-4-5-7-18(16)30-20(17)22(26)29-13-19(24)23-15-10-8-14(9-11-15)21(25)27-2/h4-11H,3,12-13H2,1-2H3,(H,23,24). The van der Waals surface area contributed by atoms with E-state index < -0.39 is 24.5 Å². The summed E-state index contributed by atoms with van der Waals surface area (Å²) < 4.78 is 20.8. The predicted octanol–water partition coefficient (Wildman–Crippen LogP) is 3.55. The number of amides is 1. The van der Waals surface area contributed by atoms with Crippen LogP contribution in [-0.4, -0.2) is 38.2 Å². The maximum absolute atomic E-state index is 12.5. The molecular weight excluding hydrogens is 390 g/mol. The molecule has 8 nitrogen and oxygen atoms in total. The second kappa shape index (κ2) is 9.71. The summed E-state index contributed by atoms with van der Waals surface area (Å²) in [6.45, 7) is 2.02. The van der Waals surface area contributed by atoms with Gasteiger partial charge in [0.25, 0.3) is 5.91 Å². The van der Waals surface area contributed by atoms with E-state index in [1.165, 1.54) is 19.2 Å². The Morgan fingerprint density at radius 2 is 1.73 bits per heavy atom. The number of methoxy groups -OCH3 is 1. The lowest BCUT2D eigenvalue weighted by Gasteiger charge is -2.07. The SMILES string of the molecule is CCOCc1c(C(=O)OCC(=O)Nc2ccc(C(=O)OC)cc2)oc2ccccc12. The largest absolute Gasteiger partial charge is 0.465 e. The monoisotopic (exact) mass is 411 g/mol. The van der Waals surface area contributed by atoms with Crippen molar-refractivity contribution in [3.05, 3.63) is 65.4 Å². The summed E-state index contributed by atoms with van der Waals surface area (Å²) in [5.74, 6) is -1.75. The number of nitrogens with one attached hydrogen (secondary N) is 1.